The molecule has 1 saturated heterocycles. The Balaban J connectivity index is 1.38. The standard InChI is InChI=1S/C26H29Cl2FN6O2/c1-3-11-33-12-9-17(10-13-33)34-15-16(14-30-34)20-7-8-21-25(31-20)32-26(36)35(21)37-22(4-2)23-18(27)5-6-19(29)24(23)28/h5-8,14-15,17,22H,3-4,9-13H2,1-2H3,(H,31,32,36)/t22-/m1/s1. The van der Waals surface area contributed by atoms with Crippen LogP contribution in [0.1, 0.15) is 57.2 Å². The molecule has 3 aromatic heterocycles. The van der Waals surface area contributed by atoms with E-state index in [0.29, 0.717) is 34.9 Å². The van der Waals surface area contributed by atoms with E-state index in [2.05, 4.69) is 26.9 Å². The number of aromatic amines is 1. The minimum absolute atomic E-state index is 0.124. The molecule has 1 aliphatic heterocycles. The van der Waals surface area contributed by atoms with Gasteiger partial charge in [-0.3, -0.25) is 9.67 Å². The Bertz CT molecular complexity index is 1460. The Kier molecular flexibility index (Phi) is 7.55. The lowest BCUT2D eigenvalue weighted by molar-refractivity contribution is 0.0350. The molecule has 4 aromatic rings. The predicted molar refractivity (Wildman–Crippen MR) is 143 cm³/mol. The molecule has 0 amide bonds. The lowest BCUT2D eigenvalue weighted by Gasteiger charge is -2.31. The smallest absolute Gasteiger partial charge is 0.360 e. The number of halogens is 3. The summed E-state index contributed by atoms with van der Waals surface area (Å²) in [6.45, 7) is 7.35. The minimum Gasteiger partial charge on any atom is -0.401 e. The summed E-state index contributed by atoms with van der Waals surface area (Å²) in [7, 11) is 0. The van der Waals surface area contributed by atoms with Crippen LogP contribution in [0.2, 0.25) is 10.0 Å². The number of nitrogens with one attached hydrogen (secondary N) is 1. The Labute approximate surface area is 223 Å². The molecule has 4 heterocycles. The molecule has 1 aliphatic rings. The van der Waals surface area contributed by atoms with Crippen LogP contribution in [0.4, 0.5) is 4.39 Å². The van der Waals surface area contributed by atoms with Crippen LogP contribution in [0.15, 0.2) is 41.5 Å². The Morgan fingerprint density at radius 1 is 1.19 bits per heavy atom. The number of H-pyrrole nitrogens is 1. The second-order valence-corrected chi connectivity index (χ2v) is 10.1. The first-order valence-corrected chi connectivity index (χ1v) is 13.3. The molecule has 0 radical (unpaired) electrons. The van der Waals surface area contributed by atoms with Gasteiger partial charge in [0.2, 0.25) is 0 Å². The molecule has 1 N–H and O–H groups in total. The summed E-state index contributed by atoms with van der Waals surface area (Å²) in [5, 5.41) is 4.74. The van der Waals surface area contributed by atoms with E-state index in [1.165, 1.54) is 18.6 Å². The van der Waals surface area contributed by atoms with Crippen LogP contribution in [0.5, 0.6) is 0 Å². The van der Waals surface area contributed by atoms with Gasteiger partial charge in [-0.1, -0.05) is 37.0 Å². The number of hydrogen-bond acceptors (Lipinski definition) is 5. The van der Waals surface area contributed by atoms with Crippen molar-refractivity contribution in [3.63, 3.8) is 0 Å². The first kappa shape index (κ1) is 25.8. The number of imidazole rings is 1. The third-order valence-corrected chi connectivity index (χ3v) is 7.59. The van der Waals surface area contributed by atoms with E-state index in [4.69, 9.17) is 28.0 Å². The highest BCUT2D eigenvalue weighted by Crippen LogP contribution is 2.35. The molecule has 0 saturated carbocycles. The van der Waals surface area contributed by atoms with Crippen LogP contribution >= 0.6 is 23.2 Å². The molecule has 37 heavy (non-hydrogen) atoms. The van der Waals surface area contributed by atoms with Gasteiger partial charge < -0.3 is 9.74 Å². The minimum atomic E-state index is -0.742. The SMILES string of the molecule is CCCN1CCC(n2cc(-c3ccc4c(n3)[nH]c(=O)n4O[C@H](CC)c3c(Cl)ccc(F)c3Cl)cn2)CC1. The number of fused-ring (bicyclic) bond motifs is 1. The van der Waals surface area contributed by atoms with Crippen molar-refractivity contribution in [2.24, 2.45) is 0 Å². The molecule has 196 valence electrons. The zero-order chi connectivity index (χ0) is 26.1. The summed E-state index contributed by atoms with van der Waals surface area (Å²) in [5.41, 5.74) is 2.18. The lowest BCUT2D eigenvalue weighted by Crippen LogP contribution is -2.35. The van der Waals surface area contributed by atoms with Crippen LogP contribution in [0.3, 0.4) is 0 Å². The molecule has 0 spiro atoms. The van der Waals surface area contributed by atoms with Gasteiger partial charge in [-0.2, -0.15) is 5.10 Å². The number of benzene rings is 1. The van der Waals surface area contributed by atoms with E-state index >= 15 is 0 Å². The zero-order valence-electron chi connectivity index (χ0n) is 20.8. The molecule has 0 unspecified atom stereocenters. The Morgan fingerprint density at radius 3 is 2.70 bits per heavy atom. The van der Waals surface area contributed by atoms with Crippen molar-refractivity contribution in [1.29, 1.82) is 0 Å². The molecule has 1 aromatic carbocycles. The number of likely N-dealkylation sites (tertiary alicyclic amines) is 1. The van der Waals surface area contributed by atoms with Gasteiger partial charge in [0.05, 0.1) is 23.0 Å². The first-order valence-electron chi connectivity index (χ1n) is 12.6. The quantitative estimate of drug-likeness (QED) is 0.288. The maximum absolute atomic E-state index is 14.1. The summed E-state index contributed by atoms with van der Waals surface area (Å²) in [6.07, 6.45) is 6.79. The van der Waals surface area contributed by atoms with Crippen LogP contribution in [-0.4, -0.2) is 49.0 Å². The van der Waals surface area contributed by atoms with E-state index < -0.39 is 17.6 Å². The maximum atomic E-state index is 14.1. The maximum Gasteiger partial charge on any atom is 0.360 e. The average molecular weight is 547 g/mol. The predicted octanol–water partition coefficient (Wildman–Crippen LogP) is 5.66. The molecule has 1 fully saturated rings. The van der Waals surface area contributed by atoms with Crippen molar-refractivity contribution < 1.29 is 9.23 Å². The summed E-state index contributed by atoms with van der Waals surface area (Å²) >= 11 is 12.5. The van der Waals surface area contributed by atoms with Crippen molar-refractivity contribution in [1.82, 2.24) is 29.4 Å². The van der Waals surface area contributed by atoms with Gasteiger partial charge in [0.25, 0.3) is 0 Å². The zero-order valence-corrected chi connectivity index (χ0v) is 22.3. The molecular weight excluding hydrogens is 518 g/mol. The molecule has 0 bridgehead atoms. The van der Waals surface area contributed by atoms with Crippen molar-refractivity contribution in [3.05, 3.63) is 68.6 Å². The van der Waals surface area contributed by atoms with Gasteiger partial charge in [-0.15, -0.1) is 4.73 Å². The fourth-order valence-electron chi connectivity index (χ4n) is 4.92. The average Bonchev–Trinajstić information content (AvgIpc) is 3.51. The highest BCUT2D eigenvalue weighted by Gasteiger charge is 2.24. The Hall–Kier alpha value is -2.88. The number of rotatable bonds is 8. The summed E-state index contributed by atoms with van der Waals surface area (Å²) < 4.78 is 17.2. The first-order chi connectivity index (χ1) is 17.9. The van der Waals surface area contributed by atoms with E-state index in [1.807, 2.05) is 23.9 Å². The van der Waals surface area contributed by atoms with Crippen LogP contribution < -0.4 is 10.5 Å². The van der Waals surface area contributed by atoms with Crippen molar-refractivity contribution in [2.75, 3.05) is 19.6 Å². The molecule has 5 rings (SSSR count). The van der Waals surface area contributed by atoms with Crippen LogP contribution in [-0.2, 0) is 0 Å². The van der Waals surface area contributed by atoms with Crippen molar-refractivity contribution in [2.45, 2.75) is 51.7 Å². The van der Waals surface area contributed by atoms with E-state index in [-0.39, 0.29) is 10.0 Å². The number of nitrogens with zero attached hydrogens (tertiary/aromatic N) is 5. The molecular formula is C26H29Cl2FN6O2. The number of piperidine rings is 1. The molecule has 1 atom stereocenters. The van der Waals surface area contributed by atoms with Crippen LogP contribution in [0.25, 0.3) is 22.4 Å². The third-order valence-electron chi connectivity index (χ3n) is 6.88. The van der Waals surface area contributed by atoms with E-state index in [1.54, 1.807) is 12.3 Å². The lowest BCUT2D eigenvalue weighted by atomic mass is 10.1. The third kappa shape index (κ3) is 5.12. The van der Waals surface area contributed by atoms with Gasteiger partial charge in [-0.25, -0.2) is 14.2 Å². The van der Waals surface area contributed by atoms with E-state index in [9.17, 15) is 9.18 Å². The fraction of sp³-hybridized carbons (Fsp3) is 0.423. The topological polar surface area (TPSA) is 81.0 Å². The summed E-state index contributed by atoms with van der Waals surface area (Å²) in [6, 6.07) is 6.57. The fourth-order valence-corrected chi connectivity index (χ4v) is 5.54. The number of aromatic nitrogens is 5. The number of hydrogen-bond donors (Lipinski definition) is 1. The summed E-state index contributed by atoms with van der Waals surface area (Å²) in [5.74, 6) is -0.604. The van der Waals surface area contributed by atoms with Gasteiger partial charge in [0.1, 0.15) is 11.3 Å². The monoisotopic (exact) mass is 546 g/mol. The molecule has 8 nitrogen and oxygen atoms in total. The van der Waals surface area contributed by atoms with Crippen molar-refractivity contribution in [3.8, 4) is 11.3 Å². The van der Waals surface area contributed by atoms with Gasteiger partial charge in [0, 0.05) is 35.4 Å². The highest BCUT2D eigenvalue weighted by atomic mass is 35.5. The highest BCUT2D eigenvalue weighted by molar-refractivity contribution is 6.36. The van der Waals surface area contributed by atoms with Gasteiger partial charge >= 0.3 is 5.69 Å². The van der Waals surface area contributed by atoms with E-state index in [0.717, 1.165) is 42.8 Å². The number of pyridine rings is 1. The normalized spacial score (nSPS) is 15.9. The largest absolute Gasteiger partial charge is 0.401 e. The molecule has 0 aliphatic carbocycles. The van der Waals surface area contributed by atoms with Crippen molar-refractivity contribution >= 4 is 34.4 Å². The Morgan fingerprint density at radius 2 is 1.97 bits per heavy atom. The van der Waals surface area contributed by atoms with Gasteiger partial charge in [-0.05, 0) is 56.5 Å². The summed E-state index contributed by atoms with van der Waals surface area (Å²) in [4.78, 5) is 28.6. The molecule has 11 heteroatoms. The second-order valence-electron chi connectivity index (χ2n) is 9.33. The van der Waals surface area contributed by atoms with Gasteiger partial charge in [0.15, 0.2) is 11.8 Å². The second kappa shape index (κ2) is 10.8. The van der Waals surface area contributed by atoms with Crippen LogP contribution in [0, 0.1) is 5.82 Å².